The molecule has 0 bridgehead atoms. The lowest BCUT2D eigenvalue weighted by Crippen LogP contribution is -2.43. The molecule has 0 aliphatic heterocycles. The molecule has 0 aliphatic carbocycles. The van der Waals surface area contributed by atoms with Crippen LogP contribution in [0.2, 0.25) is 0 Å². The maximum absolute atomic E-state index is 11.8. The lowest BCUT2D eigenvalue weighted by molar-refractivity contribution is -0.144. The zero-order chi connectivity index (χ0) is 13.3. The molecule has 100 valence electrons. The highest BCUT2D eigenvalue weighted by Crippen LogP contribution is 2.11. The van der Waals surface area contributed by atoms with Gasteiger partial charge in [0.1, 0.15) is 0 Å². The van der Waals surface area contributed by atoms with E-state index in [-0.39, 0.29) is 18.2 Å². The summed E-state index contributed by atoms with van der Waals surface area (Å²) in [6, 6.07) is 0.174. The molecule has 0 unspecified atom stereocenters. The Bertz CT molecular complexity index is 227. The van der Waals surface area contributed by atoms with E-state index in [2.05, 4.69) is 13.5 Å². The van der Waals surface area contributed by atoms with E-state index in [1.807, 2.05) is 6.92 Å². The van der Waals surface area contributed by atoms with Gasteiger partial charge in [-0.3, -0.25) is 4.79 Å². The number of unbranched alkanes of at least 4 members (excludes halogenated alkanes) is 1. The van der Waals surface area contributed by atoms with Gasteiger partial charge < -0.3 is 14.4 Å². The Balaban J connectivity index is 4.51. The van der Waals surface area contributed by atoms with Gasteiger partial charge in [-0.1, -0.05) is 26.3 Å². The molecule has 0 saturated carbocycles. The van der Waals surface area contributed by atoms with Gasteiger partial charge in [0.15, 0.2) is 6.29 Å². The standard InChI is InChI=1S/C13H25NO3/c1-6-8-9-11(3)14(12(15)7-2)10-13(16-4)17-5/h7,11,13H,2,6,8-10H2,1,3-5H3/t11-/m1/s1. The Morgan fingerprint density at radius 1 is 1.41 bits per heavy atom. The van der Waals surface area contributed by atoms with E-state index in [4.69, 9.17) is 9.47 Å². The topological polar surface area (TPSA) is 38.8 Å². The molecule has 0 N–H and O–H groups in total. The van der Waals surface area contributed by atoms with E-state index in [0.717, 1.165) is 19.3 Å². The van der Waals surface area contributed by atoms with Crippen molar-refractivity contribution in [1.29, 1.82) is 0 Å². The normalized spacial score (nSPS) is 12.5. The van der Waals surface area contributed by atoms with Crippen LogP contribution in [0.3, 0.4) is 0 Å². The first-order chi connectivity index (χ1) is 8.10. The van der Waals surface area contributed by atoms with E-state index in [9.17, 15) is 4.79 Å². The first-order valence-electron chi connectivity index (χ1n) is 6.09. The molecule has 0 saturated heterocycles. The van der Waals surface area contributed by atoms with Crippen molar-refractivity contribution in [2.45, 2.75) is 45.4 Å². The van der Waals surface area contributed by atoms with Crippen molar-refractivity contribution < 1.29 is 14.3 Å². The number of carbonyl (C=O) groups is 1. The summed E-state index contributed by atoms with van der Waals surface area (Å²) < 4.78 is 10.3. The predicted molar refractivity (Wildman–Crippen MR) is 68.7 cm³/mol. The fourth-order valence-electron chi connectivity index (χ4n) is 1.67. The quantitative estimate of drug-likeness (QED) is 0.460. The van der Waals surface area contributed by atoms with Crippen molar-refractivity contribution in [1.82, 2.24) is 4.90 Å². The largest absolute Gasteiger partial charge is 0.354 e. The molecule has 4 heteroatoms. The minimum absolute atomic E-state index is 0.0762. The van der Waals surface area contributed by atoms with Crippen LogP contribution in [0.15, 0.2) is 12.7 Å². The smallest absolute Gasteiger partial charge is 0.246 e. The van der Waals surface area contributed by atoms with Crippen LogP contribution < -0.4 is 0 Å². The van der Waals surface area contributed by atoms with E-state index >= 15 is 0 Å². The molecule has 1 amide bonds. The van der Waals surface area contributed by atoms with Gasteiger partial charge in [-0.05, 0) is 19.4 Å². The maximum atomic E-state index is 11.8. The molecule has 0 aromatic heterocycles. The van der Waals surface area contributed by atoms with Crippen LogP contribution in [0.1, 0.15) is 33.1 Å². The summed E-state index contributed by atoms with van der Waals surface area (Å²) in [7, 11) is 3.14. The Labute approximate surface area is 105 Å². The number of hydrogen-bond donors (Lipinski definition) is 0. The molecule has 1 atom stereocenters. The van der Waals surface area contributed by atoms with Gasteiger partial charge in [0, 0.05) is 20.3 Å². The minimum atomic E-state index is -0.386. The van der Waals surface area contributed by atoms with Crippen LogP contribution in [0, 0.1) is 0 Å². The van der Waals surface area contributed by atoms with Gasteiger partial charge in [-0.15, -0.1) is 0 Å². The molecule has 0 fully saturated rings. The molecule has 4 nitrogen and oxygen atoms in total. The third-order valence-corrected chi connectivity index (χ3v) is 2.84. The number of rotatable bonds is 9. The number of nitrogens with zero attached hydrogens (tertiary/aromatic N) is 1. The zero-order valence-electron chi connectivity index (χ0n) is 11.4. The summed E-state index contributed by atoms with van der Waals surface area (Å²) in [5, 5.41) is 0. The molecule has 0 heterocycles. The first kappa shape index (κ1) is 16.1. The van der Waals surface area contributed by atoms with Gasteiger partial charge in [0.05, 0.1) is 6.54 Å². The third-order valence-electron chi connectivity index (χ3n) is 2.84. The van der Waals surface area contributed by atoms with Crippen LogP contribution in [0.25, 0.3) is 0 Å². The molecule has 0 rings (SSSR count). The molecule has 0 radical (unpaired) electrons. The fraction of sp³-hybridized carbons (Fsp3) is 0.769. The van der Waals surface area contributed by atoms with Crippen LogP contribution in [-0.2, 0) is 14.3 Å². The predicted octanol–water partition coefficient (Wildman–Crippen LogP) is 2.20. The second kappa shape index (κ2) is 9.19. The summed E-state index contributed by atoms with van der Waals surface area (Å²) in [4.78, 5) is 13.5. The van der Waals surface area contributed by atoms with Crippen molar-refractivity contribution in [3.8, 4) is 0 Å². The molecule has 0 aromatic carbocycles. The van der Waals surface area contributed by atoms with Crippen molar-refractivity contribution in [3.63, 3.8) is 0 Å². The fourth-order valence-corrected chi connectivity index (χ4v) is 1.67. The zero-order valence-corrected chi connectivity index (χ0v) is 11.4. The van der Waals surface area contributed by atoms with Gasteiger partial charge in [0.2, 0.25) is 5.91 Å². The van der Waals surface area contributed by atoms with Gasteiger partial charge in [0.25, 0.3) is 0 Å². The van der Waals surface area contributed by atoms with Crippen LogP contribution in [-0.4, -0.2) is 43.9 Å². The molecule has 0 aliphatic rings. The Kier molecular flexibility index (Phi) is 8.72. The number of amides is 1. The molecular weight excluding hydrogens is 218 g/mol. The first-order valence-corrected chi connectivity index (χ1v) is 6.09. The molecule has 17 heavy (non-hydrogen) atoms. The van der Waals surface area contributed by atoms with Crippen LogP contribution in [0.5, 0.6) is 0 Å². The highest BCUT2D eigenvalue weighted by molar-refractivity contribution is 5.87. The van der Waals surface area contributed by atoms with E-state index in [0.29, 0.717) is 6.54 Å². The summed E-state index contributed by atoms with van der Waals surface area (Å²) in [5.74, 6) is -0.0762. The third kappa shape index (κ3) is 5.84. The average molecular weight is 243 g/mol. The van der Waals surface area contributed by atoms with Crippen molar-refractivity contribution in [2.24, 2.45) is 0 Å². The lowest BCUT2D eigenvalue weighted by atomic mass is 10.1. The number of ether oxygens (including phenoxy) is 2. The average Bonchev–Trinajstić information content (AvgIpc) is 2.36. The summed E-state index contributed by atoms with van der Waals surface area (Å²) in [6.45, 7) is 8.14. The Morgan fingerprint density at radius 3 is 2.41 bits per heavy atom. The number of methoxy groups -OCH3 is 2. The SMILES string of the molecule is C=CC(=O)N(CC(OC)OC)[C@H](C)CCCC. The second-order valence-corrected chi connectivity index (χ2v) is 4.09. The van der Waals surface area contributed by atoms with Gasteiger partial charge in [-0.25, -0.2) is 0 Å². The maximum Gasteiger partial charge on any atom is 0.246 e. The highest BCUT2D eigenvalue weighted by atomic mass is 16.7. The van der Waals surface area contributed by atoms with Crippen molar-refractivity contribution >= 4 is 5.91 Å². The van der Waals surface area contributed by atoms with Crippen LogP contribution >= 0.6 is 0 Å². The minimum Gasteiger partial charge on any atom is -0.354 e. The van der Waals surface area contributed by atoms with Crippen molar-refractivity contribution in [2.75, 3.05) is 20.8 Å². The van der Waals surface area contributed by atoms with Crippen molar-refractivity contribution in [3.05, 3.63) is 12.7 Å². The van der Waals surface area contributed by atoms with Gasteiger partial charge >= 0.3 is 0 Å². The lowest BCUT2D eigenvalue weighted by Gasteiger charge is -2.30. The van der Waals surface area contributed by atoms with Gasteiger partial charge in [-0.2, -0.15) is 0 Å². The summed E-state index contributed by atoms with van der Waals surface area (Å²) in [5.41, 5.74) is 0. The van der Waals surface area contributed by atoms with E-state index in [1.165, 1.54) is 6.08 Å². The summed E-state index contributed by atoms with van der Waals surface area (Å²) >= 11 is 0. The second-order valence-electron chi connectivity index (χ2n) is 4.09. The molecular formula is C13H25NO3. The monoisotopic (exact) mass is 243 g/mol. The Morgan fingerprint density at radius 2 is 2.00 bits per heavy atom. The van der Waals surface area contributed by atoms with Crippen LogP contribution in [0.4, 0.5) is 0 Å². The highest BCUT2D eigenvalue weighted by Gasteiger charge is 2.21. The molecule has 0 aromatic rings. The Hall–Kier alpha value is -0.870. The van der Waals surface area contributed by atoms with E-state index in [1.54, 1.807) is 19.1 Å². The summed E-state index contributed by atoms with van der Waals surface area (Å²) in [6.07, 6.45) is 4.16. The van der Waals surface area contributed by atoms with E-state index < -0.39 is 0 Å². The number of hydrogen-bond acceptors (Lipinski definition) is 3. The molecule has 0 spiro atoms. The number of carbonyl (C=O) groups excluding carboxylic acids is 1.